The van der Waals surface area contributed by atoms with Gasteiger partial charge in [-0.15, -0.1) is 0 Å². The first kappa shape index (κ1) is 13.1. The van der Waals surface area contributed by atoms with Crippen LogP contribution in [-0.2, 0) is 10.8 Å². The lowest BCUT2D eigenvalue weighted by Crippen LogP contribution is -2.32. The van der Waals surface area contributed by atoms with E-state index in [9.17, 15) is 9.32 Å². The van der Waals surface area contributed by atoms with Gasteiger partial charge in [-0.25, -0.2) is 0 Å². The average molecular weight is 233 g/mol. The van der Waals surface area contributed by atoms with Crippen molar-refractivity contribution < 1.29 is 9.32 Å². The van der Waals surface area contributed by atoms with Crippen LogP contribution in [0.4, 0.5) is 0 Å². The highest BCUT2D eigenvalue weighted by atomic mass is 32.2. The Morgan fingerprint density at radius 1 is 1.47 bits per heavy atom. The van der Waals surface area contributed by atoms with Gasteiger partial charge in [-0.05, 0) is 19.3 Å². The number of aliphatic hydroxyl groups excluding tert-OH is 1. The molecule has 90 valence electrons. The Labute approximate surface area is 95.1 Å². The summed E-state index contributed by atoms with van der Waals surface area (Å²) < 4.78 is 11.5. The normalized spacial score (nSPS) is 20.1. The van der Waals surface area contributed by atoms with Crippen LogP contribution in [0, 0.1) is 0 Å². The molecule has 4 heteroatoms. The Hall–Kier alpha value is 0.0700. The van der Waals surface area contributed by atoms with Gasteiger partial charge < -0.3 is 10.4 Å². The third-order valence-electron chi connectivity index (χ3n) is 2.57. The van der Waals surface area contributed by atoms with Crippen LogP contribution < -0.4 is 5.32 Å². The minimum Gasteiger partial charge on any atom is -0.391 e. The maximum Gasteiger partial charge on any atom is 0.0779 e. The number of aliphatic hydroxyl groups is 1. The van der Waals surface area contributed by atoms with E-state index < -0.39 is 16.9 Å². The molecular weight excluding hydrogens is 210 g/mol. The molecule has 0 bridgehead atoms. The van der Waals surface area contributed by atoms with Crippen molar-refractivity contribution in [2.45, 2.75) is 51.2 Å². The third kappa shape index (κ3) is 7.03. The van der Waals surface area contributed by atoms with E-state index in [0.29, 0.717) is 18.3 Å². The summed E-state index contributed by atoms with van der Waals surface area (Å²) in [5.41, 5.74) is 0. The van der Waals surface area contributed by atoms with E-state index in [2.05, 4.69) is 12.2 Å². The van der Waals surface area contributed by atoms with Crippen LogP contribution in [0.1, 0.15) is 39.0 Å². The molecule has 0 amide bonds. The fourth-order valence-corrected chi connectivity index (χ4v) is 2.70. The lowest BCUT2D eigenvalue weighted by atomic mass is 10.3. The van der Waals surface area contributed by atoms with Gasteiger partial charge in [0.1, 0.15) is 0 Å². The van der Waals surface area contributed by atoms with Crippen LogP contribution in [0.15, 0.2) is 0 Å². The predicted molar refractivity (Wildman–Crippen MR) is 64.4 cm³/mol. The van der Waals surface area contributed by atoms with E-state index in [1.54, 1.807) is 0 Å². The van der Waals surface area contributed by atoms with E-state index in [4.69, 9.17) is 0 Å². The molecule has 1 rings (SSSR count). The van der Waals surface area contributed by atoms with Crippen molar-refractivity contribution in [3.8, 4) is 0 Å². The summed E-state index contributed by atoms with van der Waals surface area (Å²) in [4.78, 5) is 0. The van der Waals surface area contributed by atoms with Crippen LogP contribution in [0.25, 0.3) is 0 Å². The van der Waals surface area contributed by atoms with Gasteiger partial charge in [0.2, 0.25) is 0 Å². The Kier molecular flexibility index (Phi) is 6.45. The number of nitrogens with one attached hydrogen (secondary N) is 1. The molecular formula is C11H23NO2S. The van der Waals surface area contributed by atoms with Crippen molar-refractivity contribution in [1.82, 2.24) is 5.32 Å². The summed E-state index contributed by atoms with van der Waals surface area (Å²) in [5.74, 6) is 1.18. The molecule has 0 aromatic heterocycles. The van der Waals surface area contributed by atoms with Crippen LogP contribution in [0.3, 0.4) is 0 Å². The molecule has 1 aliphatic carbocycles. The molecule has 0 heterocycles. The molecule has 1 fully saturated rings. The lowest BCUT2D eigenvalue weighted by molar-refractivity contribution is 0.194. The molecule has 1 saturated carbocycles. The molecule has 15 heavy (non-hydrogen) atoms. The Bertz CT molecular complexity index is 195. The zero-order valence-electron chi connectivity index (χ0n) is 9.58. The summed E-state index contributed by atoms with van der Waals surface area (Å²) in [6, 6.07) is 0.619. The summed E-state index contributed by atoms with van der Waals surface area (Å²) in [6.45, 7) is 2.74. The Morgan fingerprint density at radius 3 is 2.80 bits per heavy atom. The summed E-state index contributed by atoms with van der Waals surface area (Å²) in [7, 11) is -0.836. The number of rotatable bonds is 9. The van der Waals surface area contributed by atoms with Crippen molar-refractivity contribution in [3.05, 3.63) is 0 Å². The minimum atomic E-state index is -0.836. The first-order valence-electron chi connectivity index (χ1n) is 5.98. The monoisotopic (exact) mass is 233 g/mol. The van der Waals surface area contributed by atoms with Gasteiger partial charge >= 0.3 is 0 Å². The lowest BCUT2D eigenvalue weighted by Gasteiger charge is -2.10. The van der Waals surface area contributed by atoms with Crippen molar-refractivity contribution in [2.24, 2.45) is 0 Å². The van der Waals surface area contributed by atoms with Crippen molar-refractivity contribution in [2.75, 3.05) is 18.1 Å². The third-order valence-corrected chi connectivity index (χ3v) is 4.07. The molecule has 0 saturated heterocycles. The second-order valence-electron chi connectivity index (χ2n) is 4.35. The fourth-order valence-electron chi connectivity index (χ4n) is 1.46. The molecule has 0 aliphatic heterocycles. The summed E-state index contributed by atoms with van der Waals surface area (Å²) in [6.07, 6.45) is 5.34. The molecule has 0 aromatic carbocycles. The Balaban J connectivity index is 1.96. The summed E-state index contributed by atoms with van der Waals surface area (Å²) in [5, 5.41) is 12.8. The van der Waals surface area contributed by atoms with Gasteiger partial charge in [-0.2, -0.15) is 0 Å². The van der Waals surface area contributed by atoms with Crippen LogP contribution >= 0.6 is 0 Å². The molecule has 2 atom stereocenters. The predicted octanol–water partition coefficient (Wildman–Crippen LogP) is 1.04. The van der Waals surface area contributed by atoms with E-state index in [1.807, 2.05) is 0 Å². The maximum atomic E-state index is 11.5. The van der Waals surface area contributed by atoms with Crippen molar-refractivity contribution in [3.63, 3.8) is 0 Å². The molecule has 0 spiro atoms. The highest BCUT2D eigenvalue weighted by molar-refractivity contribution is 7.85. The molecule has 3 nitrogen and oxygen atoms in total. The largest absolute Gasteiger partial charge is 0.391 e. The fraction of sp³-hybridized carbons (Fsp3) is 1.00. The van der Waals surface area contributed by atoms with Crippen LogP contribution in [0.2, 0.25) is 0 Å². The second-order valence-corrected chi connectivity index (χ2v) is 5.98. The smallest absolute Gasteiger partial charge is 0.0779 e. The van der Waals surface area contributed by atoms with Crippen molar-refractivity contribution >= 4 is 10.8 Å². The highest BCUT2D eigenvalue weighted by Crippen LogP contribution is 2.18. The van der Waals surface area contributed by atoms with E-state index in [-0.39, 0.29) is 0 Å². The van der Waals surface area contributed by atoms with E-state index in [0.717, 1.165) is 25.0 Å². The average Bonchev–Trinajstić information content (AvgIpc) is 2.98. The quantitative estimate of drug-likeness (QED) is 0.585. The first-order chi connectivity index (χ1) is 7.22. The SMILES string of the molecule is CCCCCS(=O)CC(O)CNC1CC1. The van der Waals surface area contributed by atoms with E-state index >= 15 is 0 Å². The van der Waals surface area contributed by atoms with Gasteiger partial charge in [0.25, 0.3) is 0 Å². The molecule has 1 aliphatic rings. The topological polar surface area (TPSA) is 49.3 Å². The molecule has 2 N–H and O–H groups in total. The van der Waals surface area contributed by atoms with Gasteiger partial charge in [0.15, 0.2) is 0 Å². The maximum absolute atomic E-state index is 11.5. The van der Waals surface area contributed by atoms with Gasteiger partial charge in [0, 0.05) is 29.1 Å². The second kappa shape index (κ2) is 7.36. The standard InChI is InChI=1S/C11H23NO2S/c1-2-3-4-7-15(14)9-11(13)8-12-10-5-6-10/h10-13H,2-9H2,1H3. The highest BCUT2D eigenvalue weighted by Gasteiger charge is 2.21. The van der Waals surface area contributed by atoms with Gasteiger partial charge in [-0.3, -0.25) is 4.21 Å². The Morgan fingerprint density at radius 2 is 2.20 bits per heavy atom. The van der Waals surface area contributed by atoms with Crippen LogP contribution in [0.5, 0.6) is 0 Å². The van der Waals surface area contributed by atoms with Gasteiger partial charge in [-0.1, -0.05) is 19.8 Å². The first-order valence-corrected chi connectivity index (χ1v) is 7.47. The van der Waals surface area contributed by atoms with E-state index in [1.165, 1.54) is 12.8 Å². The number of hydrogen-bond acceptors (Lipinski definition) is 3. The van der Waals surface area contributed by atoms with Crippen molar-refractivity contribution in [1.29, 1.82) is 0 Å². The zero-order chi connectivity index (χ0) is 11.1. The number of hydrogen-bond donors (Lipinski definition) is 2. The van der Waals surface area contributed by atoms with Gasteiger partial charge in [0.05, 0.1) is 11.9 Å². The van der Waals surface area contributed by atoms with Crippen LogP contribution in [-0.4, -0.2) is 39.5 Å². The zero-order valence-corrected chi connectivity index (χ0v) is 10.4. The number of unbranched alkanes of at least 4 members (excludes halogenated alkanes) is 2. The molecule has 2 unspecified atom stereocenters. The molecule has 0 aromatic rings. The molecule has 0 radical (unpaired) electrons. The summed E-state index contributed by atoms with van der Waals surface area (Å²) >= 11 is 0. The minimum absolute atomic E-state index is 0.434.